The highest BCUT2D eigenvalue weighted by Gasteiger charge is 2.18. The molecule has 0 radical (unpaired) electrons. The maximum absolute atomic E-state index is 11.7. The number of aromatic nitrogens is 1. The van der Waals surface area contributed by atoms with Gasteiger partial charge in [0.05, 0.1) is 0 Å². The molecule has 0 saturated heterocycles. The molecule has 1 rings (SSSR count). The first kappa shape index (κ1) is 14.4. The van der Waals surface area contributed by atoms with E-state index in [-0.39, 0.29) is 30.0 Å². The largest absolute Gasteiger partial charge is 0.396 e. The summed E-state index contributed by atoms with van der Waals surface area (Å²) in [5.41, 5.74) is -0.339. The number of pyridine rings is 1. The van der Waals surface area contributed by atoms with Crippen molar-refractivity contribution >= 4 is 5.91 Å². The first-order valence-corrected chi connectivity index (χ1v) is 5.98. The van der Waals surface area contributed by atoms with Gasteiger partial charge >= 0.3 is 0 Å². The molecule has 0 aliphatic heterocycles. The van der Waals surface area contributed by atoms with Crippen molar-refractivity contribution in [3.63, 3.8) is 0 Å². The minimum atomic E-state index is -0.200. The van der Waals surface area contributed by atoms with Crippen LogP contribution in [0.4, 0.5) is 0 Å². The number of hydrogen-bond donors (Lipinski definition) is 2. The van der Waals surface area contributed by atoms with Crippen LogP contribution in [0.25, 0.3) is 0 Å². The molecular weight excluding hydrogens is 232 g/mol. The summed E-state index contributed by atoms with van der Waals surface area (Å²) < 4.78 is 1.36. The van der Waals surface area contributed by atoms with Crippen LogP contribution in [0.3, 0.4) is 0 Å². The molecule has 1 aromatic heterocycles. The van der Waals surface area contributed by atoms with Crippen molar-refractivity contribution < 1.29 is 9.90 Å². The Hall–Kier alpha value is -1.62. The summed E-state index contributed by atoms with van der Waals surface area (Å²) >= 11 is 0. The first-order valence-electron chi connectivity index (χ1n) is 5.98. The van der Waals surface area contributed by atoms with Crippen LogP contribution in [0.15, 0.2) is 29.2 Å². The van der Waals surface area contributed by atoms with Crippen LogP contribution in [0.1, 0.15) is 20.3 Å². The van der Waals surface area contributed by atoms with Gasteiger partial charge in [-0.2, -0.15) is 0 Å². The molecule has 0 aliphatic rings. The molecular formula is C13H20N2O3. The van der Waals surface area contributed by atoms with Crippen LogP contribution >= 0.6 is 0 Å². The molecule has 0 atom stereocenters. The average molecular weight is 252 g/mol. The van der Waals surface area contributed by atoms with Crippen molar-refractivity contribution in [3.05, 3.63) is 34.7 Å². The second-order valence-corrected chi connectivity index (χ2v) is 5.08. The third kappa shape index (κ3) is 4.71. The fourth-order valence-corrected chi connectivity index (χ4v) is 1.53. The highest BCUT2D eigenvalue weighted by atomic mass is 16.3. The molecule has 100 valence electrons. The van der Waals surface area contributed by atoms with Gasteiger partial charge in [0.1, 0.15) is 6.54 Å². The number of aliphatic hydroxyl groups excluding tert-OH is 1. The third-order valence-corrected chi connectivity index (χ3v) is 2.77. The smallest absolute Gasteiger partial charge is 0.250 e. The van der Waals surface area contributed by atoms with Gasteiger partial charge in [0, 0.05) is 25.4 Å². The maximum Gasteiger partial charge on any atom is 0.250 e. The molecule has 0 aromatic carbocycles. The van der Waals surface area contributed by atoms with Crippen molar-refractivity contribution in [2.75, 3.05) is 13.2 Å². The van der Waals surface area contributed by atoms with Gasteiger partial charge in [0.2, 0.25) is 5.91 Å². The molecule has 1 heterocycles. The van der Waals surface area contributed by atoms with Gasteiger partial charge in [-0.05, 0) is 17.9 Å². The Bertz CT molecular complexity index is 452. The third-order valence-electron chi connectivity index (χ3n) is 2.77. The molecule has 0 aliphatic carbocycles. The molecule has 18 heavy (non-hydrogen) atoms. The van der Waals surface area contributed by atoms with E-state index < -0.39 is 0 Å². The maximum atomic E-state index is 11.7. The number of carbonyl (C=O) groups excluding carboxylic acids is 1. The number of rotatable bonds is 6. The predicted molar refractivity (Wildman–Crippen MR) is 69.2 cm³/mol. The molecule has 1 amide bonds. The van der Waals surface area contributed by atoms with Crippen LogP contribution in [0.2, 0.25) is 0 Å². The van der Waals surface area contributed by atoms with Crippen LogP contribution in [0, 0.1) is 5.41 Å². The molecule has 0 saturated carbocycles. The minimum Gasteiger partial charge on any atom is -0.396 e. The summed E-state index contributed by atoms with van der Waals surface area (Å²) in [5, 5.41) is 11.7. The van der Waals surface area contributed by atoms with Gasteiger partial charge < -0.3 is 15.0 Å². The van der Waals surface area contributed by atoms with Crippen LogP contribution in [-0.4, -0.2) is 28.7 Å². The monoisotopic (exact) mass is 252 g/mol. The molecule has 0 bridgehead atoms. The molecule has 0 unspecified atom stereocenters. The van der Waals surface area contributed by atoms with Crippen molar-refractivity contribution in [2.45, 2.75) is 26.8 Å². The lowest BCUT2D eigenvalue weighted by atomic mass is 9.90. The molecule has 5 nitrogen and oxygen atoms in total. The number of nitrogens with one attached hydrogen (secondary N) is 1. The zero-order valence-electron chi connectivity index (χ0n) is 10.8. The van der Waals surface area contributed by atoms with E-state index in [0.29, 0.717) is 13.0 Å². The molecule has 2 N–H and O–H groups in total. The number of amides is 1. The summed E-state index contributed by atoms with van der Waals surface area (Å²) in [4.78, 5) is 23.1. The van der Waals surface area contributed by atoms with E-state index in [4.69, 9.17) is 5.11 Å². The molecule has 0 fully saturated rings. The second-order valence-electron chi connectivity index (χ2n) is 5.08. The Kier molecular flexibility index (Phi) is 5.09. The van der Waals surface area contributed by atoms with Gasteiger partial charge in [-0.15, -0.1) is 0 Å². The SMILES string of the molecule is CC(C)(CCO)CNC(=O)Cn1ccccc1=O. The summed E-state index contributed by atoms with van der Waals surface area (Å²) in [5.74, 6) is -0.200. The highest BCUT2D eigenvalue weighted by Crippen LogP contribution is 2.17. The Morgan fingerprint density at radius 1 is 1.44 bits per heavy atom. The number of hydrogen-bond acceptors (Lipinski definition) is 3. The van der Waals surface area contributed by atoms with Crippen LogP contribution in [-0.2, 0) is 11.3 Å². The van der Waals surface area contributed by atoms with Gasteiger partial charge in [-0.25, -0.2) is 0 Å². The zero-order chi connectivity index (χ0) is 13.6. The fourth-order valence-electron chi connectivity index (χ4n) is 1.53. The number of aliphatic hydroxyl groups is 1. The van der Waals surface area contributed by atoms with E-state index in [1.54, 1.807) is 18.3 Å². The summed E-state index contributed by atoms with van der Waals surface area (Å²) in [6.07, 6.45) is 2.21. The highest BCUT2D eigenvalue weighted by molar-refractivity contribution is 5.75. The van der Waals surface area contributed by atoms with Crippen molar-refractivity contribution in [2.24, 2.45) is 5.41 Å². The number of nitrogens with zero attached hydrogens (tertiary/aromatic N) is 1. The Balaban J connectivity index is 2.48. The Labute approximate surface area is 106 Å². The predicted octanol–water partition coefficient (Wildman–Crippen LogP) is 0.373. The van der Waals surface area contributed by atoms with E-state index in [2.05, 4.69) is 5.32 Å². The minimum absolute atomic E-state index is 0.0227. The van der Waals surface area contributed by atoms with Gasteiger partial charge in [-0.3, -0.25) is 9.59 Å². The number of carbonyl (C=O) groups is 1. The van der Waals surface area contributed by atoms with Crippen molar-refractivity contribution in [1.82, 2.24) is 9.88 Å². The lowest BCUT2D eigenvalue weighted by Crippen LogP contribution is -2.37. The van der Waals surface area contributed by atoms with Gasteiger partial charge in [0.25, 0.3) is 5.56 Å². The Morgan fingerprint density at radius 2 is 2.17 bits per heavy atom. The van der Waals surface area contributed by atoms with Crippen molar-refractivity contribution in [1.29, 1.82) is 0 Å². The molecule has 0 spiro atoms. The standard InChI is InChI=1S/C13H20N2O3/c1-13(2,6-8-16)10-14-11(17)9-15-7-4-3-5-12(15)18/h3-5,7,16H,6,8-10H2,1-2H3,(H,14,17). The zero-order valence-corrected chi connectivity index (χ0v) is 10.8. The lowest BCUT2D eigenvalue weighted by Gasteiger charge is -2.23. The molecule has 1 aromatic rings. The quantitative estimate of drug-likeness (QED) is 0.768. The topological polar surface area (TPSA) is 71.3 Å². The average Bonchev–Trinajstić information content (AvgIpc) is 2.30. The lowest BCUT2D eigenvalue weighted by molar-refractivity contribution is -0.122. The van der Waals surface area contributed by atoms with Crippen molar-refractivity contribution in [3.8, 4) is 0 Å². The van der Waals surface area contributed by atoms with E-state index in [1.165, 1.54) is 10.6 Å². The fraction of sp³-hybridized carbons (Fsp3) is 0.538. The normalized spacial score (nSPS) is 11.3. The van der Waals surface area contributed by atoms with E-state index in [0.717, 1.165) is 0 Å². The summed E-state index contributed by atoms with van der Waals surface area (Å²) in [6.45, 7) is 4.54. The molecule has 5 heteroatoms. The summed E-state index contributed by atoms with van der Waals surface area (Å²) in [7, 11) is 0. The first-order chi connectivity index (χ1) is 8.44. The second kappa shape index (κ2) is 6.35. The van der Waals surface area contributed by atoms with Gasteiger partial charge in [0.15, 0.2) is 0 Å². The summed E-state index contributed by atoms with van der Waals surface area (Å²) in [6, 6.07) is 4.77. The van der Waals surface area contributed by atoms with Gasteiger partial charge in [-0.1, -0.05) is 19.9 Å². The van der Waals surface area contributed by atoms with Crippen LogP contribution in [0.5, 0.6) is 0 Å². The van der Waals surface area contributed by atoms with Crippen LogP contribution < -0.4 is 10.9 Å². The van der Waals surface area contributed by atoms with E-state index in [1.807, 2.05) is 13.8 Å². The Morgan fingerprint density at radius 3 is 2.78 bits per heavy atom. The van der Waals surface area contributed by atoms with E-state index >= 15 is 0 Å². The van der Waals surface area contributed by atoms with E-state index in [9.17, 15) is 9.59 Å².